The van der Waals surface area contributed by atoms with E-state index in [4.69, 9.17) is 4.74 Å². The second kappa shape index (κ2) is 6.83. The second-order valence-corrected chi connectivity index (χ2v) is 8.22. The molecule has 3 N–H and O–H groups in total. The number of carbonyl (C=O) groups excluding carboxylic acids is 1. The number of likely N-dealkylation sites (N-methyl/N-ethyl adjacent to an activating group) is 1. The Hall–Kier alpha value is -3.35. The highest BCUT2D eigenvalue weighted by molar-refractivity contribution is 6.30. The first-order valence-electron chi connectivity index (χ1n) is 10.6. The van der Waals surface area contributed by atoms with Crippen molar-refractivity contribution in [1.29, 1.82) is 0 Å². The third-order valence-electron chi connectivity index (χ3n) is 6.57. The lowest BCUT2D eigenvalue weighted by molar-refractivity contribution is 0.0908. The first kappa shape index (κ1) is 18.4. The molecular formula is C25H24N4O2. The molecule has 1 unspecified atom stereocenters. The van der Waals surface area contributed by atoms with E-state index in [9.17, 15) is 4.79 Å². The van der Waals surface area contributed by atoms with Crippen LogP contribution in [0.3, 0.4) is 0 Å². The maximum absolute atomic E-state index is 13.0. The van der Waals surface area contributed by atoms with Gasteiger partial charge in [0.05, 0.1) is 29.2 Å². The second-order valence-electron chi connectivity index (χ2n) is 8.22. The fourth-order valence-electron chi connectivity index (χ4n) is 5.25. The van der Waals surface area contributed by atoms with E-state index in [-0.39, 0.29) is 12.0 Å². The van der Waals surface area contributed by atoms with Crippen LogP contribution in [0.1, 0.15) is 15.9 Å². The number of ether oxygens (including phenoxy) is 1. The quantitative estimate of drug-likeness (QED) is 0.410. The minimum Gasteiger partial charge on any atom is -0.378 e. The molecule has 0 saturated carbocycles. The Labute approximate surface area is 179 Å². The minimum absolute atomic E-state index is 0.00781. The van der Waals surface area contributed by atoms with Gasteiger partial charge in [-0.3, -0.25) is 4.79 Å². The molecule has 156 valence electrons. The zero-order valence-corrected chi connectivity index (χ0v) is 17.6. The van der Waals surface area contributed by atoms with Crippen LogP contribution in [0.5, 0.6) is 0 Å². The Morgan fingerprint density at radius 3 is 2.68 bits per heavy atom. The van der Waals surface area contributed by atoms with Crippen molar-refractivity contribution in [2.24, 2.45) is 0 Å². The van der Waals surface area contributed by atoms with Gasteiger partial charge in [-0.1, -0.05) is 36.4 Å². The highest BCUT2D eigenvalue weighted by Gasteiger charge is 2.30. The van der Waals surface area contributed by atoms with Gasteiger partial charge in [-0.15, -0.1) is 0 Å². The SMILES string of the molecule is CNCC(Cn1c2ccccc2c2c3c(c4c5ccccc5[nH]c4c21)C(=O)NC3)OC. The zero-order valence-electron chi connectivity index (χ0n) is 17.6. The summed E-state index contributed by atoms with van der Waals surface area (Å²) in [5.74, 6) is 0.00781. The van der Waals surface area contributed by atoms with Crippen molar-refractivity contribution in [3.63, 3.8) is 0 Å². The van der Waals surface area contributed by atoms with Crippen LogP contribution in [0.2, 0.25) is 0 Å². The Morgan fingerprint density at radius 2 is 1.87 bits per heavy atom. The zero-order chi connectivity index (χ0) is 21.1. The van der Waals surface area contributed by atoms with E-state index in [0.717, 1.165) is 55.9 Å². The number of nitrogens with one attached hydrogen (secondary N) is 3. The number of aromatic amines is 1. The van der Waals surface area contributed by atoms with Crippen molar-refractivity contribution in [3.8, 4) is 0 Å². The fourth-order valence-corrected chi connectivity index (χ4v) is 5.25. The van der Waals surface area contributed by atoms with E-state index in [1.807, 2.05) is 19.2 Å². The topological polar surface area (TPSA) is 71.1 Å². The number of nitrogens with zero attached hydrogens (tertiary/aromatic N) is 1. The van der Waals surface area contributed by atoms with Crippen LogP contribution >= 0.6 is 0 Å². The molecule has 6 nitrogen and oxygen atoms in total. The molecule has 0 bridgehead atoms. The summed E-state index contributed by atoms with van der Waals surface area (Å²) in [6.45, 7) is 2.02. The van der Waals surface area contributed by atoms with Crippen molar-refractivity contribution >= 4 is 49.5 Å². The minimum atomic E-state index is 0.00781. The van der Waals surface area contributed by atoms with E-state index >= 15 is 0 Å². The maximum Gasteiger partial charge on any atom is 0.252 e. The monoisotopic (exact) mass is 412 g/mol. The average molecular weight is 412 g/mol. The first-order chi connectivity index (χ1) is 15.2. The van der Waals surface area contributed by atoms with E-state index in [2.05, 4.69) is 56.6 Å². The molecule has 1 aliphatic rings. The van der Waals surface area contributed by atoms with Gasteiger partial charge in [-0.25, -0.2) is 0 Å². The molecule has 1 amide bonds. The number of aromatic nitrogens is 2. The normalized spacial score (nSPS) is 14.7. The highest BCUT2D eigenvalue weighted by atomic mass is 16.5. The standard InChI is InChI=1S/C25H24N4O2/c1-26-11-14(31-2)13-29-19-10-6-4-8-16(19)20-17-12-27-25(30)22(17)21-15-7-3-5-9-18(15)28-23(21)24(20)29/h3-10,14,26,28H,11-13H2,1-2H3,(H,27,30). The molecule has 5 aromatic rings. The van der Waals surface area contributed by atoms with Gasteiger partial charge >= 0.3 is 0 Å². The highest BCUT2D eigenvalue weighted by Crippen LogP contribution is 2.43. The van der Waals surface area contributed by atoms with Crippen molar-refractivity contribution < 1.29 is 9.53 Å². The van der Waals surface area contributed by atoms with E-state index in [1.54, 1.807) is 7.11 Å². The molecule has 0 fully saturated rings. The number of benzene rings is 3. The van der Waals surface area contributed by atoms with Crippen LogP contribution in [0.4, 0.5) is 0 Å². The number of fused-ring (bicyclic) bond motifs is 10. The summed E-state index contributed by atoms with van der Waals surface area (Å²) in [7, 11) is 3.70. The molecule has 3 heterocycles. The number of hydrogen-bond donors (Lipinski definition) is 3. The summed E-state index contributed by atoms with van der Waals surface area (Å²) in [5, 5.41) is 10.7. The Balaban J connectivity index is 1.83. The molecule has 1 aliphatic heterocycles. The number of amides is 1. The first-order valence-corrected chi connectivity index (χ1v) is 10.6. The van der Waals surface area contributed by atoms with Crippen molar-refractivity contribution in [2.45, 2.75) is 19.2 Å². The van der Waals surface area contributed by atoms with E-state index in [1.165, 1.54) is 5.39 Å². The van der Waals surface area contributed by atoms with Crippen molar-refractivity contribution in [2.75, 3.05) is 20.7 Å². The number of hydrogen-bond acceptors (Lipinski definition) is 3. The van der Waals surface area contributed by atoms with E-state index in [0.29, 0.717) is 13.1 Å². The predicted octanol–water partition coefficient (Wildman–Crippen LogP) is 3.91. The van der Waals surface area contributed by atoms with Crippen LogP contribution in [-0.4, -0.2) is 42.3 Å². The Morgan fingerprint density at radius 1 is 1.10 bits per heavy atom. The number of H-pyrrole nitrogens is 1. The van der Waals surface area contributed by atoms with Gasteiger partial charge < -0.3 is 24.9 Å². The summed E-state index contributed by atoms with van der Waals surface area (Å²) in [6.07, 6.45) is 0.0245. The van der Waals surface area contributed by atoms with E-state index < -0.39 is 0 Å². The molecule has 2 aromatic heterocycles. The van der Waals surface area contributed by atoms with Gasteiger partial charge in [0.25, 0.3) is 5.91 Å². The lowest BCUT2D eigenvalue weighted by atomic mass is 9.97. The molecule has 31 heavy (non-hydrogen) atoms. The maximum atomic E-state index is 13.0. The molecule has 1 atom stereocenters. The van der Waals surface area contributed by atoms with Gasteiger partial charge in [0.1, 0.15) is 0 Å². The van der Waals surface area contributed by atoms with Crippen LogP contribution in [0.15, 0.2) is 48.5 Å². The summed E-state index contributed by atoms with van der Waals surface area (Å²) >= 11 is 0. The molecule has 0 aliphatic carbocycles. The summed E-state index contributed by atoms with van der Waals surface area (Å²) < 4.78 is 8.14. The van der Waals surface area contributed by atoms with Crippen LogP contribution in [-0.2, 0) is 17.8 Å². The van der Waals surface area contributed by atoms with Crippen LogP contribution in [0.25, 0.3) is 43.6 Å². The number of methoxy groups -OCH3 is 1. The smallest absolute Gasteiger partial charge is 0.252 e. The van der Waals surface area contributed by atoms with Gasteiger partial charge in [0, 0.05) is 52.8 Å². The number of para-hydroxylation sites is 2. The molecular weight excluding hydrogens is 388 g/mol. The summed E-state index contributed by atoms with van der Waals surface area (Å²) in [5.41, 5.74) is 6.25. The lowest BCUT2D eigenvalue weighted by Gasteiger charge is -2.18. The van der Waals surface area contributed by atoms with Crippen LogP contribution < -0.4 is 10.6 Å². The molecule has 0 saturated heterocycles. The largest absolute Gasteiger partial charge is 0.378 e. The Bertz CT molecular complexity index is 1490. The molecule has 0 spiro atoms. The molecule has 6 heteroatoms. The molecule has 3 aromatic carbocycles. The summed E-state index contributed by atoms with van der Waals surface area (Å²) in [6, 6.07) is 16.7. The van der Waals surface area contributed by atoms with Crippen LogP contribution in [0, 0.1) is 0 Å². The van der Waals surface area contributed by atoms with Crippen molar-refractivity contribution in [1.82, 2.24) is 20.2 Å². The number of rotatable bonds is 5. The predicted molar refractivity (Wildman–Crippen MR) is 125 cm³/mol. The number of carbonyl (C=O) groups is 1. The third kappa shape index (κ3) is 2.49. The van der Waals surface area contributed by atoms with Gasteiger partial charge in [-0.05, 0) is 24.7 Å². The molecule has 6 rings (SSSR count). The average Bonchev–Trinajstić information content (AvgIpc) is 3.45. The van der Waals surface area contributed by atoms with Gasteiger partial charge in [0.15, 0.2) is 0 Å². The fraction of sp³-hybridized carbons (Fsp3) is 0.240. The molecule has 0 radical (unpaired) electrons. The third-order valence-corrected chi connectivity index (χ3v) is 6.57. The Kier molecular flexibility index (Phi) is 4.06. The lowest BCUT2D eigenvalue weighted by Crippen LogP contribution is -2.29. The van der Waals surface area contributed by atoms with Gasteiger partial charge in [0.2, 0.25) is 0 Å². The summed E-state index contributed by atoms with van der Waals surface area (Å²) in [4.78, 5) is 16.6. The van der Waals surface area contributed by atoms with Gasteiger partial charge in [-0.2, -0.15) is 0 Å². The van der Waals surface area contributed by atoms with Crippen molar-refractivity contribution in [3.05, 3.63) is 59.7 Å².